The highest BCUT2D eigenvalue weighted by molar-refractivity contribution is 9.10. The van der Waals surface area contributed by atoms with E-state index in [0.717, 1.165) is 30.4 Å². The van der Waals surface area contributed by atoms with Crippen LogP contribution in [-0.4, -0.2) is 30.3 Å². The van der Waals surface area contributed by atoms with Gasteiger partial charge in [-0.25, -0.2) is 0 Å². The summed E-state index contributed by atoms with van der Waals surface area (Å²) in [5.74, 6) is 0. The minimum absolute atomic E-state index is 0.363. The van der Waals surface area contributed by atoms with E-state index in [0.29, 0.717) is 12.6 Å². The van der Waals surface area contributed by atoms with Crippen LogP contribution in [0.5, 0.6) is 0 Å². The van der Waals surface area contributed by atoms with Gasteiger partial charge >= 0.3 is 0 Å². The highest BCUT2D eigenvalue weighted by atomic mass is 79.9. The zero-order chi connectivity index (χ0) is 14.8. The van der Waals surface area contributed by atoms with Gasteiger partial charge in [0.2, 0.25) is 0 Å². The Balaban J connectivity index is 2.10. The number of nitrogens with zero attached hydrogens (tertiary/aromatic N) is 1. The molecule has 4 heteroatoms. The van der Waals surface area contributed by atoms with E-state index in [-0.39, 0.29) is 0 Å². The zero-order valence-electron chi connectivity index (χ0n) is 12.6. The van der Waals surface area contributed by atoms with Crippen molar-refractivity contribution in [3.63, 3.8) is 0 Å². The smallest absolute Gasteiger partial charge is 0.0810 e. The first-order valence-electron chi connectivity index (χ1n) is 7.43. The summed E-state index contributed by atoms with van der Waals surface area (Å²) in [4.78, 5) is 2.25. The van der Waals surface area contributed by atoms with Crippen LogP contribution < -0.4 is 10.2 Å². The molecular weight excluding hydrogens is 316 g/mol. The van der Waals surface area contributed by atoms with Crippen LogP contribution in [-0.2, 0) is 0 Å². The largest absolute Gasteiger partial charge is 0.388 e. The molecule has 1 aromatic carbocycles. The maximum Gasteiger partial charge on any atom is 0.0810 e. The van der Waals surface area contributed by atoms with Gasteiger partial charge in [0.1, 0.15) is 0 Å². The van der Waals surface area contributed by atoms with E-state index in [2.05, 4.69) is 58.2 Å². The van der Waals surface area contributed by atoms with Crippen molar-refractivity contribution < 1.29 is 5.11 Å². The van der Waals surface area contributed by atoms with Crippen LogP contribution in [0.1, 0.15) is 45.2 Å². The number of aliphatic hydroxyl groups is 1. The summed E-state index contributed by atoms with van der Waals surface area (Å²) in [5, 5.41) is 13.6. The van der Waals surface area contributed by atoms with E-state index in [9.17, 15) is 5.11 Å². The summed E-state index contributed by atoms with van der Waals surface area (Å²) in [6, 6.07) is 6.89. The fourth-order valence-corrected chi connectivity index (χ4v) is 3.33. The summed E-state index contributed by atoms with van der Waals surface area (Å²) >= 11 is 3.68. The number of benzene rings is 1. The first-order chi connectivity index (χ1) is 9.43. The van der Waals surface area contributed by atoms with Crippen molar-refractivity contribution in [2.24, 2.45) is 0 Å². The molecule has 3 nitrogen and oxygen atoms in total. The third kappa shape index (κ3) is 3.74. The molecule has 1 aromatic rings. The van der Waals surface area contributed by atoms with E-state index < -0.39 is 5.60 Å². The third-order valence-corrected chi connectivity index (χ3v) is 4.60. The molecular formula is C16H25BrN2O. The summed E-state index contributed by atoms with van der Waals surface area (Å²) in [6.45, 7) is 8.93. The van der Waals surface area contributed by atoms with Gasteiger partial charge in [0.05, 0.1) is 11.3 Å². The van der Waals surface area contributed by atoms with Crippen LogP contribution in [0, 0.1) is 0 Å². The predicted molar refractivity (Wildman–Crippen MR) is 88.3 cm³/mol. The highest BCUT2D eigenvalue weighted by Crippen LogP contribution is 2.33. The second kappa shape index (κ2) is 6.46. The molecule has 0 aliphatic carbocycles. The number of rotatable bonds is 5. The second-order valence-electron chi connectivity index (χ2n) is 6.06. The standard InChI is InChI=1S/C16H25BrN2O/c1-4-8-18-12(2)13-5-6-15(14(17)10-13)19-9-7-16(3,20)11-19/h5-6,10,12,18,20H,4,7-9,11H2,1-3H3. The molecule has 0 spiro atoms. The lowest BCUT2D eigenvalue weighted by molar-refractivity contribution is 0.0839. The molecule has 1 saturated heterocycles. The fraction of sp³-hybridized carbons (Fsp3) is 0.625. The molecule has 112 valence electrons. The minimum atomic E-state index is -0.561. The number of β-amino-alcohol motifs (C(OH)–C–C–N with tert-alkyl or cyclic N) is 1. The Morgan fingerprint density at radius 2 is 2.25 bits per heavy atom. The SMILES string of the molecule is CCCNC(C)c1ccc(N2CCC(C)(O)C2)c(Br)c1. The van der Waals surface area contributed by atoms with E-state index in [1.54, 1.807) is 0 Å². The van der Waals surface area contributed by atoms with Crippen LogP contribution in [0.4, 0.5) is 5.69 Å². The van der Waals surface area contributed by atoms with Crippen molar-refractivity contribution in [2.75, 3.05) is 24.5 Å². The molecule has 0 aromatic heterocycles. The molecule has 2 N–H and O–H groups in total. The van der Waals surface area contributed by atoms with Gasteiger partial charge in [-0.2, -0.15) is 0 Å². The molecule has 0 amide bonds. The molecule has 1 aliphatic heterocycles. The monoisotopic (exact) mass is 340 g/mol. The topological polar surface area (TPSA) is 35.5 Å². The molecule has 0 bridgehead atoms. The first-order valence-corrected chi connectivity index (χ1v) is 8.22. The molecule has 1 heterocycles. The Kier molecular flexibility index (Phi) is 5.10. The molecule has 0 radical (unpaired) electrons. The van der Waals surface area contributed by atoms with Crippen molar-refractivity contribution in [3.8, 4) is 0 Å². The van der Waals surface area contributed by atoms with Crippen molar-refractivity contribution in [3.05, 3.63) is 28.2 Å². The Bertz CT molecular complexity index is 462. The lowest BCUT2D eigenvalue weighted by atomic mass is 10.1. The van der Waals surface area contributed by atoms with Crippen LogP contribution in [0.2, 0.25) is 0 Å². The Hall–Kier alpha value is -0.580. The van der Waals surface area contributed by atoms with Gasteiger partial charge in [0.15, 0.2) is 0 Å². The number of nitrogens with one attached hydrogen (secondary N) is 1. The number of anilines is 1. The van der Waals surface area contributed by atoms with Crippen LogP contribution in [0.15, 0.2) is 22.7 Å². The fourth-order valence-electron chi connectivity index (χ4n) is 2.68. The molecule has 1 fully saturated rings. The Labute approximate surface area is 130 Å². The average molecular weight is 341 g/mol. The maximum atomic E-state index is 10.1. The third-order valence-electron chi connectivity index (χ3n) is 3.96. The minimum Gasteiger partial charge on any atom is -0.388 e. The van der Waals surface area contributed by atoms with Crippen molar-refractivity contribution >= 4 is 21.6 Å². The average Bonchev–Trinajstić information content (AvgIpc) is 2.76. The summed E-state index contributed by atoms with van der Waals surface area (Å²) < 4.78 is 1.11. The van der Waals surface area contributed by atoms with Crippen molar-refractivity contribution in [1.82, 2.24) is 5.32 Å². The summed E-state index contributed by atoms with van der Waals surface area (Å²) in [5.41, 5.74) is 1.91. The Morgan fingerprint density at radius 1 is 1.50 bits per heavy atom. The van der Waals surface area contributed by atoms with E-state index in [1.165, 1.54) is 11.3 Å². The zero-order valence-corrected chi connectivity index (χ0v) is 14.2. The van der Waals surface area contributed by atoms with Crippen LogP contribution >= 0.6 is 15.9 Å². The molecule has 1 aliphatic rings. The van der Waals surface area contributed by atoms with Gasteiger partial charge < -0.3 is 15.3 Å². The van der Waals surface area contributed by atoms with Gasteiger partial charge in [-0.15, -0.1) is 0 Å². The summed E-state index contributed by atoms with van der Waals surface area (Å²) in [7, 11) is 0. The number of hydrogen-bond acceptors (Lipinski definition) is 3. The van der Waals surface area contributed by atoms with Crippen LogP contribution in [0.25, 0.3) is 0 Å². The van der Waals surface area contributed by atoms with E-state index >= 15 is 0 Å². The molecule has 2 atom stereocenters. The van der Waals surface area contributed by atoms with Gasteiger partial charge in [-0.3, -0.25) is 0 Å². The van der Waals surface area contributed by atoms with Crippen LogP contribution in [0.3, 0.4) is 0 Å². The normalized spacial score (nSPS) is 24.1. The van der Waals surface area contributed by atoms with Crippen molar-refractivity contribution in [1.29, 1.82) is 0 Å². The highest BCUT2D eigenvalue weighted by Gasteiger charge is 2.32. The van der Waals surface area contributed by atoms with Gasteiger partial charge in [-0.1, -0.05) is 13.0 Å². The number of halogens is 1. The lowest BCUT2D eigenvalue weighted by Gasteiger charge is -2.23. The van der Waals surface area contributed by atoms with Gasteiger partial charge in [-0.05, 0) is 66.9 Å². The van der Waals surface area contributed by atoms with Gasteiger partial charge in [0.25, 0.3) is 0 Å². The summed E-state index contributed by atoms with van der Waals surface area (Å²) in [6.07, 6.45) is 1.97. The maximum absolute atomic E-state index is 10.1. The Morgan fingerprint density at radius 3 is 2.80 bits per heavy atom. The van der Waals surface area contributed by atoms with Gasteiger partial charge in [0, 0.05) is 23.6 Å². The lowest BCUT2D eigenvalue weighted by Crippen LogP contribution is -2.29. The quantitative estimate of drug-likeness (QED) is 0.861. The molecule has 20 heavy (non-hydrogen) atoms. The molecule has 0 saturated carbocycles. The van der Waals surface area contributed by atoms with E-state index in [1.807, 2.05) is 6.92 Å². The predicted octanol–water partition coefficient (Wildman–Crippen LogP) is 3.47. The first kappa shape index (κ1) is 15.8. The second-order valence-corrected chi connectivity index (χ2v) is 6.91. The van der Waals surface area contributed by atoms with E-state index in [4.69, 9.17) is 0 Å². The van der Waals surface area contributed by atoms with Crippen molar-refractivity contribution in [2.45, 2.75) is 45.3 Å². The number of hydrogen-bond donors (Lipinski definition) is 2. The molecule has 2 unspecified atom stereocenters. The molecule has 2 rings (SSSR count).